The number of carbonyl (C=O) groups is 1. The maximum atomic E-state index is 10.7. The van der Waals surface area contributed by atoms with Crippen molar-refractivity contribution in [2.75, 3.05) is 11.5 Å². The van der Waals surface area contributed by atoms with Crippen molar-refractivity contribution < 1.29 is 48.6 Å². The number of aromatic nitrogens is 1. The Morgan fingerprint density at radius 1 is 0.750 bits per heavy atom. The second-order valence-electron chi connectivity index (χ2n) is 10.7. The molecule has 0 bridgehead atoms. The molecule has 0 aliphatic rings. The Kier molecular flexibility index (Phi) is 10.7. The molecule has 0 saturated carbocycles. The minimum atomic E-state index is -1.01. The predicted octanol–water partition coefficient (Wildman–Crippen LogP) is 4.55. The molecule has 216 valence electrons. The van der Waals surface area contributed by atoms with E-state index in [1.807, 2.05) is 36.4 Å². The second kappa shape index (κ2) is 15.1. The summed E-state index contributed by atoms with van der Waals surface area (Å²) in [6.45, 7) is 1.98. The predicted molar refractivity (Wildman–Crippen MR) is 169 cm³/mol. The number of carboxylic acids is 1. The molecule has 0 radical (unpaired) electrons. The van der Waals surface area contributed by atoms with Gasteiger partial charge in [-0.2, -0.15) is 0 Å². The zero-order valence-corrected chi connectivity index (χ0v) is 26.9. The van der Waals surface area contributed by atoms with E-state index in [0.717, 1.165) is 53.5 Å². The second-order valence-corrected chi connectivity index (χ2v) is 10.7. The molecule has 0 spiro atoms. The molecule has 1 aromatic heterocycles. The number of aliphatic carboxylic acids is 1. The fraction of sp³-hybridized carbons (Fsp3) is 0.189. The molecule has 0 fully saturated rings. The standard InChI is InChI=1S/C37H34N2O4.Na/c40-36(41)18-8-3-11-21-42-34-23-30-17-10-9-16-29(30)22-32(34)37-38-33-20-19-31(24-35(33)43-37)39(25-27-12-4-1-5-13-27)26-28-14-6-2-7-15-28;/h1-2,4-7,9-10,12-17,19-20,22-24H,3,8,11,18,21,25-26H2,(H,40,41);/q;+1/p-1. The van der Waals surface area contributed by atoms with E-state index >= 15 is 0 Å². The van der Waals surface area contributed by atoms with Crippen molar-refractivity contribution in [3.8, 4) is 17.2 Å². The molecule has 6 rings (SSSR count). The van der Waals surface area contributed by atoms with Gasteiger partial charge >= 0.3 is 29.6 Å². The number of ether oxygens (including phenoxy) is 1. The van der Waals surface area contributed by atoms with Gasteiger partial charge in [-0.3, -0.25) is 0 Å². The van der Waals surface area contributed by atoms with E-state index in [0.29, 0.717) is 30.3 Å². The molecule has 6 aromatic rings. The van der Waals surface area contributed by atoms with Gasteiger partial charge in [-0.15, -0.1) is 0 Å². The molecular formula is C37H33N2NaO4. The van der Waals surface area contributed by atoms with Gasteiger partial charge in [0.25, 0.3) is 0 Å². The van der Waals surface area contributed by atoms with Crippen LogP contribution in [0, 0.1) is 0 Å². The summed E-state index contributed by atoms with van der Waals surface area (Å²) in [7, 11) is 0. The first-order valence-electron chi connectivity index (χ1n) is 14.7. The van der Waals surface area contributed by atoms with Gasteiger partial charge in [0, 0.05) is 30.8 Å². The number of benzene rings is 5. The molecule has 5 aromatic carbocycles. The van der Waals surface area contributed by atoms with E-state index in [1.165, 1.54) is 11.1 Å². The summed E-state index contributed by atoms with van der Waals surface area (Å²) >= 11 is 0. The van der Waals surface area contributed by atoms with Crippen LogP contribution in [0.25, 0.3) is 33.3 Å². The Balaban J connectivity index is 0.00000384. The molecule has 44 heavy (non-hydrogen) atoms. The summed E-state index contributed by atoms with van der Waals surface area (Å²) in [5, 5.41) is 12.8. The van der Waals surface area contributed by atoms with Gasteiger partial charge in [-0.25, -0.2) is 4.98 Å². The molecule has 0 amide bonds. The van der Waals surface area contributed by atoms with Gasteiger partial charge < -0.3 is 24.0 Å². The van der Waals surface area contributed by atoms with Gasteiger partial charge in [-0.1, -0.05) is 84.9 Å². The van der Waals surface area contributed by atoms with Crippen molar-refractivity contribution >= 4 is 33.5 Å². The Hall–Kier alpha value is -4.10. The molecule has 0 aliphatic carbocycles. The first-order chi connectivity index (χ1) is 21.1. The van der Waals surface area contributed by atoms with Crippen LogP contribution in [0.4, 0.5) is 5.69 Å². The van der Waals surface area contributed by atoms with Crippen molar-refractivity contribution in [2.24, 2.45) is 0 Å². The zero-order chi connectivity index (χ0) is 29.4. The third kappa shape index (κ3) is 7.88. The average Bonchev–Trinajstić information content (AvgIpc) is 3.46. The number of hydrogen-bond acceptors (Lipinski definition) is 6. The van der Waals surface area contributed by atoms with Gasteiger partial charge in [-0.05, 0) is 71.8 Å². The molecule has 7 heteroatoms. The zero-order valence-electron chi connectivity index (χ0n) is 24.9. The van der Waals surface area contributed by atoms with E-state index in [2.05, 4.69) is 83.8 Å². The summed E-state index contributed by atoms with van der Waals surface area (Å²) in [6, 6.07) is 39.3. The largest absolute Gasteiger partial charge is 1.00 e. The third-order valence-electron chi connectivity index (χ3n) is 7.53. The number of anilines is 1. The van der Waals surface area contributed by atoms with E-state index in [1.54, 1.807) is 0 Å². The summed E-state index contributed by atoms with van der Waals surface area (Å²) in [5.41, 5.74) is 5.79. The van der Waals surface area contributed by atoms with Gasteiger partial charge in [0.15, 0.2) is 5.58 Å². The fourth-order valence-corrected chi connectivity index (χ4v) is 5.31. The van der Waals surface area contributed by atoms with Gasteiger partial charge in [0.05, 0.1) is 12.2 Å². The van der Waals surface area contributed by atoms with Crippen LogP contribution in [-0.2, 0) is 17.9 Å². The molecular weight excluding hydrogens is 559 g/mol. The van der Waals surface area contributed by atoms with Crippen LogP contribution in [0.15, 0.2) is 120 Å². The third-order valence-corrected chi connectivity index (χ3v) is 7.53. The fourth-order valence-electron chi connectivity index (χ4n) is 5.31. The molecule has 0 N–H and O–H groups in total. The van der Waals surface area contributed by atoms with Crippen LogP contribution in [0.3, 0.4) is 0 Å². The number of oxazole rings is 1. The van der Waals surface area contributed by atoms with Crippen LogP contribution in [-0.4, -0.2) is 17.6 Å². The minimum Gasteiger partial charge on any atom is -0.550 e. The molecule has 1 heterocycles. The first kappa shape index (κ1) is 31.3. The van der Waals surface area contributed by atoms with Crippen molar-refractivity contribution in [1.82, 2.24) is 4.98 Å². The Bertz CT molecular complexity index is 1780. The van der Waals surface area contributed by atoms with Crippen molar-refractivity contribution in [1.29, 1.82) is 0 Å². The normalized spacial score (nSPS) is 10.9. The summed E-state index contributed by atoms with van der Waals surface area (Å²) < 4.78 is 12.6. The smallest absolute Gasteiger partial charge is 0.550 e. The number of fused-ring (bicyclic) bond motifs is 2. The van der Waals surface area contributed by atoms with E-state index < -0.39 is 5.97 Å². The summed E-state index contributed by atoms with van der Waals surface area (Å²) in [6.07, 6.45) is 2.15. The van der Waals surface area contributed by atoms with E-state index in [-0.39, 0.29) is 36.0 Å². The molecule has 0 saturated heterocycles. The number of carbonyl (C=O) groups excluding carboxylic acids is 1. The van der Waals surface area contributed by atoms with Crippen LogP contribution in [0.5, 0.6) is 5.75 Å². The number of hydrogen-bond donors (Lipinski definition) is 0. The Labute approximate surface area is 279 Å². The number of nitrogens with zero attached hydrogens (tertiary/aromatic N) is 2. The number of rotatable bonds is 13. The van der Waals surface area contributed by atoms with Crippen molar-refractivity contribution in [2.45, 2.75) is 38.8 Å². The molecule has 6 nitrogen and oxygen atoms in total. The van der Waals surface area contributed by atoms with Crippen LogP contribution in [0.1, 0.15) is 36.8 Å². The Morgan fingerprint density at radius 2 is 1.39 bits per heavy atom. The number of carboxylic acid groups (broad SMARTS) is 1. The van der Waals surface area contributed by atoms with E-state index in [4.69, 9.17) is 14.1 Å². The quantitative estimate of drug-likeness (QED) is 0.145. The van der Waals surface area contributed by atoms with Crippen LogP contribution < -0.4 is 44.3 Å². The number of unbranched alkanes of at least 4 members (excludes halogenated alkanes) is 2. The monoisotopic (exact) mass is 592 g/mol. The topological polar surface area (TPSA) is 78.6 Å². The maximum absolute atomic E-state index is 10.7. The van der Waals surface area contributed by atoms with Crippen LogP contribution >= 0.6 is 0 Å². The molecule has 0 unspecified atom stereocenters. The maximum Gasteiger partial charge on any atom is 1.00 e. The molecule has 0 atom stereocenters. The Morgan fingerprint density at radius 3 is 2.05 bits per heavy atom. The average molecular weight is 593 g/mol. The van der Waals surface area contributed by atoms with Crippen molar-refractivity contribution in [3.05, 3.63) is 126 Å². The van der Waals surface area contributed by atoms with E-state index in [9.17, 15) is 9.90 Å². The summed E-state index contributed by atoms with van der Waals surface area (Å²) in [4.78, 5) is 17.9. The minimum absolute atomic E-state index is 0. The molecule has 0 aliphatic heterocycles. The first-order valence-corrected chi connectivity index (χ1v) is 14.7. The summed E-state index contributed by atoms with van der Waals surface area (Å²) in [5.74, 6) is 0.183. The van der Waals surface area contributed by atoms with Gasteiger partial charge in [0.1, 0.15) is 11.3 Å². The van der Waals surface area contributed by atoms with Crippen molar-refractivity contribution in [3.63, 3.8) is 0 Å². The van der Waals surface area contributed by atoms with Crippen LogP contribution in [0.2, 0.25) is 0 Å². The van der Waals surface area contributed by atoms with Gasteiger partial charge in [0.2, 0.25) is 5.89 Å². The SMILES string of the molecule is O=C([O-])CCCCCOc1cc2ccccc2cc1-c1nc2ccc(N(Cc3ccccc3)Cc3ccccc3)cc2o1.[Na+].